The number of hydrogen-bond acceptors (Lipinski definition) is 5. The van der Waals surface area contributed by atoms with Crippen molar-refractivity contribution in [3.63, 3.8) is 0 Å². The van der Waals surface area contributed by atoms with Crippen molar-refractivity contribution in [1.82, 2.24) is 4.98 Å². The van der Waals surface area contributed by atoms with E-state index in [4.69, 9.17) is 10.5 Å². The minimum Gasteiger partial charge on any atom is -0.495 e. The molecule has 0 aliphatic rings. The summed E-state index contributed by atoms with van der Waals surface area (Å²) < 4.78 is 32.3. The smallest absolute Gasteiger partial charge is 0.263 e. The first-order valence-corrected chi connectivity index (χ1v) is 7.35. The van der Waals surface area contributed by atoms with E-state index in [-0.39, 0.29) is 11.4 Å². The van der Waals surface area contributed by atoms with Crippen LogP contribution in [0.4, 0.5) is 5.69 Å². The van der Waals surface area contributed by atoms with Crippen LogP contribution in [0.15, 0.2) is 47.6 Å². The average molecular weight is 293 g/mol. The highest BCUT2D eigenvalue weighted by atomic mass is 32.2. The number of nitrogens with zero attached hydrogens (tertiary/aromatic N) is 1. The van der Waals surface area contributed by atoms with Crippen molar-refractivity contribution in [3.8, 4) is 5.75 Å². The molecule has 6 nitrogen and oxygen atoms in total. The molecule has 1 aromatic heterocycles. The van der Waals surface area contributed by atoms with Crippen LogP contribution in [0.25, 0.3) is 0 Å². The quantitative estimate of drug-likeness (QED) is 0.867. The van der Waals surface area contributed by atoms with E-state index in [2.05, 4.69) is 9.71 Å². The van der Waals surface area contributed by atoms with E-state index < -0.39 is 10.0 Å². The van der Waals surface area contributed by atoms with Gasteiger partial charge in [0.15, 0.2) is 0 Å². The van der Waals surface area contributed by atoms with E-state index in [1.165, 1.54) is 25.6 Å². The number of anilines is 1. The third-order valence-corrected chi connectivity index (χ3v) is 4.07. The number of methoxy groups -OCH3 is 1. The molecule has 0 saturated carbocycles. The molecule has 0 radical (unpaired) electrons. The molecule has 0 spiro atoms. The Labute approximate surface area is 117 Å². The molecular formula is C13H15N3O3S. The Balaban J connectivity index is 2.44. The summed E-state index contributed by atoms with van der Waals surface area (Å²) in [5, 5.41) is 0. The van der Waals surface area contributed by atoms with Gasteiger partial charge in [0.2, 0.25) is 0 Å². The summed E-state index contributed by atoms with van der Waals surface area (Å²) in [6.07, 6.45) is 2.79. The van der Waals surface area contributed by atoms with Gasteiger partial charge >= 0.3 is 0 Å². The van der Waals surface area contributed by atoms with Crippen molar-refractivity contribution in [2.75, 3.05) is 11.8 Å². The van der Waals surface area contributed by atoms with Crippen molar-refractivity contribution >= 4 is 15.7 Å². The molecule has 2 aromatic rings. The Morgan fingerprint density at radius 2 is 2.10 bits per heavy atom. The number of nitrogens with two attached hydrogens (primary N) is 1. The lowest BCUT2D eigenvalue weighted by Crippen LogP contribution is -2.16. The lowest BCUT2D eigenvalue weighted by atomic mass is 10.1. The first-order valence-electron chi connectivity index (χ1n) is 5.87. The molecule has 0 amide bonds. The number of rotatable bonds is 5. The summed E-state index contributed by atoms with van der Waals surface area (Å²) in [7, 11) is -2.26. The zero-order valence-electron chi connectivity index (χ0n) is 10.9. The van der Waals surface area contributed by atoms with Gasteiger partial charge in [-0.1, -0.05) is 12.1 Å². The molecule has 0 saturated heterocycles. The highest BCUT2D eigenvalue weighted by molar-refractivity contribution is 7.92. The predicted molar refractivity (Wildman–Crippen MR) is 75.9 cm³/mol. The lowest BCUT2D eigenvalue weighted by molar-refractivity contribution is 0.416. The van der Waals surface area contributed by atoms with Crippen LogP contribution < -0.4 is 15.2 Å². The summed E-state index contributed by atoms with van der Waals surface area (Å²) in [6, 6.07) is 8.18. The summed E-state index contributed by atoms with van der Waals surface area (Å²) in [4.78, 5) is 3.88. The van der Waals surface area contributed by atoms with Gasteiger partial charge in [0, 0.05) is 18.9 Å². The third kappa shape index (κ3) is 2.89. The van der Waals surface area contributed by atoms with Crippen LogP contribution in [0, 0.1) is 0 Å². The summed E-state index contributed by atoms with van der Waals surface area (Å²) >= 11 is 0. The predicted octanol–water partition coefficient (Wildman–Crippen LogP) is 1.35. The van der Waals surface area contributed by atoms with Crippen LogP contribution >= 0.6 is 0 Å². The summed E-state index contributed by atoms with van der Waals surface area (Å²) in [5.41, 5.74) is 6.63. The fourth-order valence-electron chi connectivity index (χ4n) is 1.73. The van der Waals surface area contributed by atoms with Gasteiger partial charge in [-0.05, 0) is 23.8 Å². The van der Waals surface area contributed by atoms with Crippen molar-refractivity contribution in [1.29, 1.82) is 0 Å². The maximum atomic E-state index is 12.3. The number of aromatic nitrogens is 1. The first-order chi connectivity index (χ1) is 9.58. The Kier molecular flexibility index (Phi) is 4.21. The number of para-hydroxylation sites is 1. The molecule has 1 heterocycles. The summed E-state index contributed by atoms with van der Waals surface area (Å²) in [5.74, 6) is 0.417. The molecule has 3 N–H and O–H groups in total. The maximum absolute atomic E-state index is 12.3. The second kappa shape index (κ2) is 5.89. The minimum absolute atomic E-state index is 0.0777. The molecule has 0 aliphatic carbocycles. The Morgan fingerprint density at radius 1 is 1.30 bits per heavy atom. The highest BCUT2D eigenvalue weighted by Gasteiger charge is 2.18. The topological polar surface area (TPSA) is 94.3 Å². The van der Waals surface area contributed by atoms with Crippen molar-refractivity contribution in [2.45, 2.75) is 11.4 Å². The monoisotopic (exact) mass is 293 g/mol. The number of ether oxygens (including phenoxy) is 1. The molecule has 0 unspecified atom stereocenters. The molecule has 20 heavy (non-hydrogen) atoms. The van der Waals surface area contributed by atoms with Gasteiger partial charge in [0.25, 0.3) is 10.0 Å². The van der Waals surface area contributed by atoms with Gasteiger partial charge in [0.1, 0.15) is 10.6 Å². The van der Waals surface area contributed by atoms with Crippen molar-refractivity contribution in [3.05, 3.63) is 48.3 Å². The van der Waals surface area contributed by atoms with E-state index in [9.17, 15) is 8.42 Å². The second-order valence-corrected chi connectivity index (χ2v) is 5.68. The van der Waals surface area contributed by atoms with Crippen LogP contribution in [-0.4, -0.2) is 20.5 Å². The average Bonchev–Trinajstić information content (AvgIpc) is 2.48. The molecular weight excluding hydrogens is 278 g/mol. The number of pyridine rings is 1. The van der Waals surface area contributed by atoms with Crippen LogP contribution in [0.5, 0.6) is 5.75 Å². The van der Waals surface area contributed by atoms with E-state index in [1.54, 1.807) is 24.3 Å². The number of benzene rings is 1. The van der Waals surface area contributed by atoms with E-state index in [0.717, 1.165) is 0 Å². The number of nitrogens with one attached hydrogen (secondary N) is 1. The fraction of sp³-hybridized carbons (Fsp3) is 0.154. The third-order valence-electron chi connectivity index (χ3n) is 2.73. The van der Waals surface area contributed by atoms with E-state index in [0.29, 0.717) is 17.0 Å². The molecule has 1 aromatic carbocycles. The largest absolute Gasteiger partial charge is 0.495 e. The summed E-state index contributed by atoms with van der Waals surface area (Å²) in [6.45, 7) is 0.197. The zero-order valence-corrected chi connectivity index (χ0v) is 11.7. The standard InChI is InChI=1S/C13H15N3O3S/c1-19-12-6-2-4-10(8-14)13(12)16-20(17,18)11-5-3-7-15-9-11/h2-7,9,16H,8,14H2,1H3. The Morgan fingerprint density at radius 3 is 2.70 bits per heavy atom. The molecule has 7 heteroatoms. The van der Waals surface area contributed by atoms with Crippen LogP contribution in [-0.2, 0) is 16.6 Å². The maximum Gasteiger partial charge on any atom is 0.263 e. The van der Waals surface area contributed by atoms with Gasteiger partial charge in [0.05, 0.1) is 12.8 Å². The number of sulfonamides is 1. The fourth-order valence-corrected chi connectivity index (χ4v) is 2.81. The first kappa shape index (κ1) is 14.3. The van der Waals surface area contributed by atoms with E-state index in [1.807, 2.05) is 0 Å². The van der Waals surface area contributed by atoms with Crippen LogP contribution in [0.3, 0.4) is 0 Å². The van der Waals surface area contributed by atoms with Crippen molar-refractivity contribution in [2.24, 2.45) is 5.73 Å². The molecule has 0 aliphatic heterocycles. The number of hydrogen-bond donors (Lipinski definition) is 2. The Bertz CT molecular complexity index is 665. The Hall–Kier alpha value is -2.12. The van der Waals surface area contributed by atoms with Crippen molar-refractivity contribution < 1.29 is 13.2 Å². The van der Waals surface area contributed by atoms with Crippen LogP contribution in [0.2, 0.25) is 0 Å². The molecule has 2 rings (SSSR count). The normalized spacial score (nSPS) is 11.1. The molecule has 0 atom stereocenters. The van der Waals surface area contributed by atoms with Gasteiger partial charge in [-0.2, -0.15) is 0 Å². The van der Waals surface area contributed by atoms with Gasteiger partial charge in [-0.25, -0.2) is 8.42 Å². The van der Waals surface area contributed by atoms with Gasteiger partial charge in [-0.3, -0.25) is 9.71 Å². The SMILES string of the molecule is COc1cccc(CN)c1NS(=O)(=O)c1cccnc1. The highest BCUT2D eigenvalue weighted by Crippen LogP contribution is 2.30. The minimum atomic E-state index is -3.73. The molecule has 106 valence electrons. The lowest BCUT2D eigenvalue weighted by Gasteiger charge is -2.15. The second-order valence-electron chi connectivity index (χ2n) is 3.99. The van der Waals surface area contributed by atoms with Gasteiger partial charge < -0.3 is 10.5 Å². The molecule has 0 fully saturated rings. The van der Waals surface area contributed by atoms with E-state index >= 15 is 0 Å². The molecule has 0 bridgehead atoms. The van der Waals surface area contributed by atoms with Crippen LogP contribution in [0.1, 0.15) is 5.56 Å². The van der Waals surface area contributed by atoms with Gasteiger partial charge in [-0.15, -0.1) is 0 Å². The zero-order chi connectivity index (χ0) is 14.6.